The van der Waals surface area contributed by atoms with E-state index in [0.29, 0.717) is 16.8 Å². The second-order valence-electron chi connectivity index (χ2n) is 5.59. The predicted molar refractivity (Wildman–Crippen MR) is 90.5 cm³/mol. The second kappa shape index (κ2) is 6.77. The number of hydrogen-bond donors (Lipinski definition) is 2. The van der Waals surface area contributed by atoms with Gasteiger partial charge in [-0.3, -0.25) is 4.79 Å². The summed E-state index contributed by atoms with van der Waals surface area (Å²) in [5, 5.41) is 9.80. The van der Waals surface area contributed by atoms with Gasteiger partial charge in [-0.25, -0.2) is 4.98 Å². The van der Waals surface area contributed by atoms with Gasteiger partial charge in [0.25, 0.3) is 5.91 Å². The molecular weight excluding hydrogens is 318 g/mol. The molecule has 0 radical (unpaired) electrons. The lowest BCUT2D eigenvalue weighted by Crippen LogP contribution is -2.46. The standard InChI is InChI=1S/C16H18ClN3OS/c1-10-8-13(6-7-18-10)19-15(21)14-9-22-16(20-14)11-2-4-12(17)5-3-11/h2-5,9-10,13,18H,6-8H2,1H3,(H,19,21). The zero-order chi connectivity index (χ0) is 15.5. The minimum absolute atomic E-state index is 0.0874. The molecule has 1 aliphatic heterocycles. The topological polar surface area (TPSA) is 54.0 Å². The molecule has 22 heavy (non-hydrogen) atoms. The Morgan fingerprint density at radius 3 is 2.91 bits per heavy atom. The smallest absolute Gasteiger partial charge is 0.270 e. The van der Waals surface area contributed by atoms with E-state index in [1.807, 2.05) is 29.6 Å². The van der Waals surface area contributed by atoms with Crippen LogP contribution in [0.2, 0.25) is 5.02 Å². The Morgan fingerprint density at radius 1 is 1.41 bits per heavy atom. The van der Waals surface area contributed by atoms with E-state index in [2.05, 4.69) is 22.5 Å². The number of piperidine rings is 1. The first-order chi connectivity index (χ1) is 10.6. The lowest BCUT2D eigenvalue weighted by atomic mass is 10.0. The number of hydrogen-bond acceptors (Lipinski definition) is 4. The first-order valence-electron chi connectivity index (χ1n) is 7.37. The molecule has 2 aromatic rings. The summed E-state index contributed by atoms with van der Waals surface area (Å²) in [5.74, 6) is -0.0874. The molecule has 6 heteroatoms. The number of aromatic nitrogens is 1. The molecule has 1 aromatic carbocycles. The van der Waals surface area contributed by atoms with E-state index >= 15 is 0 Å². The van der Waals surface area contributed by atoms with E-state index in [4.69, 9.17) is 11.6 Å². The van der Waals surface area contributed by atoms with E-state index in [-0.39, 0.29) is 11.9 Å². The van der Waals surface area contributed by atoms with Crippen molar-refractivity contribution in [3.63, 3.8) is 0 Å². The fourth-order valence-electron chi connectivity index (χ4n) is 2.63. The van der Waals surface area contributed by atoms with Crippen molar-refractivity contribution in [3.05, 3.63) is 40.4 Å². The summed E-state index contributed by atoms with van der Waals surface area (Å²) in [6.07, 6.45) is 1.92. The molecule has 1 aliphatic rings. The maximum absolute atomic E-state index is 12.3. The normalized spacial score (nSPS) is 21.5. The number of benzene rings is 1. The molecular formula is C16H18ClN3OS. The van der Waals surface area contributed by atoms with Crippen LogP contribution < -0.4 is 10.6 Å². The second-order valence-corrected chi connectivity index (χ2v) is 6.89. The van der Waals surface area contributed by atoms with E-state index in [1.54, 1.807) is 0 Å². The van der Waals surface area contributed by atoms with E-state index in [0.717, 1.165) is 30.0 Å². The number of thiazole rings is 1. The van der Waals surface area contributed by atoms with Gasteiger partial charge in [0.05, 0.1) is 0 Å². The van der Waals surface area contributed by atoms with Gasteiger partial charge in [0, 0.05) is 28.0 Å². The van der Waals surface area contributed by atoms with Crippen molar-refractivity contribution >= 4 is 28.8 Å². The molecule has 1 aromatic heterocycles. The van der Waals surface area contributed by atoms with Crippen molar-refractivity contribution in [2.75, 3.05) is 6.54 Å². The summed E-state index contributed by atoms with van der Waals surface area (Å²) in [6.45, 7) is 3.08. The number of nitrogens with one attached hydrogen (secondary N) is 2. The first-order valence-corrected chi connectivity index (χ1v) is 8.63. The van der Waals surface area contributed by atoms with Gasteiger partial charge in [-0.1, -0.05) is 23.7 Å². The monoisotopic (exact) mass is 335 g/mol. The molecule has 0 saturated carbocycles. The first kappa shape index (κ1) is 15.5. The van der Waals surface area contributed by atoms with Crippen LogP contribution in [0.3, 0.4) is 0 Å². The van der Waals surface area contributed by atoms with Gasteiger partial charge < -0.3 is 10.6 Å². The van der Waals surface area contributed by atoms with Crippen molar-refractivity contribution in [2.24, 2.45) is 0 Å². The zero-order valence-electron chi connectivity index (χ0n) is 12.3. The molecule has 2 unspecified atom stereocenters. The quantitative estimate of drug-likeness (QED) is 0.904. The highest BCUT2D eigenvalue weighted by Gasteiger charge is 2.21. The van der Waals surface area contributed by atoms with E-state index in [9.17, 15) is 4.79 Å². The van der Waals surface area contributed by atoms with Gasteiger partial charge in [0.1, 0.15) is 10.7 Å². The summed E-state index contributed by atoms with van der Waals surface area (Å²) >= 11 is 7.36. The van der Waals surface area contributed by atoms with Crippen LogP contribution in [0.5, 0.6) is 0 Å². The summed E-state index contributed by atoms with van der Waals surface area (Å²) in [6, 6.07) is 8.15. The minimum Gasteiger partial charge on any atom is -0.348 e. The maximum Gasteiger partial charge on any atom is 0.270 e. The highest BCUT2D eigenvalue weighted by Crippen LogP contribution is 2.25. The average Bonchev–Trinajstić information content (AvgIpc) is 2.98. The number of carbonyl (C=O) groups is 1. The van der Waals surface area contributed by atoms with E-state index in [1.165, 1.54) is 11.3 Å². The van der Waals surface area contributed by atoms with Crippen molar-refractivity contribution in [2.45, 2.75) is 31.8 Å². The predicted octanol–water partition coefficient (Wildman–Crippen LogP) is 3.33. The molecule has 0 aliphatic carbocycles. The zero-order valence-corrected chi connectivity index (χ0v) is 13.9. The molecule has 1 amide bonds. The molecule has 1 saturated heterocycles. The summed E-state index contributed by atoms with van der Waals surface area (Å²) in [5.41, 5.74) is 1.46. The third-order valence-electron chi connectivity index (χ3n) is 3.79. The van der Waals surface area contributed by atoms with Crippen LogP contribution in [0, 0.1) is 0 Å². The van der Waals surface area contributed by atoms with Gasteiger partial charge >= 0.3 is 0 Å². The van der Waals surface area contributed by atoms with Crippen molar-refractivity contribution in [3.8, 4) is 10.6 Å². The average molecular weight is 336 g/mol. The molecule has 1 fully saturated rings. The largest absolute Gasteiger partial charge is 0.348 e. The molecule has 2 atom stereocenters. The van der Waals surface area contributed by atoms with Gasteiger partial charge in [-0.15, -0.1) is 11.3 Å². The Hall–Kier alpha value is -1.43. The van der Waals surface area contributed by atoms with Crippen molar-refractivity contribution < 1.29 is 4.79 Å². The molecule has 0 bridgehead atoms. The maximum atomic E-state index is 12.3. The van der Waals surface area contributed by atoms with Crippen LogP contribution in [0.1, 0.15) is 30.3 Å². The number of rotatable bonds is 3. The Labute approximate surface area is 138 Å². The highest BCUT2D eigenvalue weighted by atomic mass is 35.5. The van der Waals surface area contributed by atoms with Crippen LogP contribution in [-0.4, -0.2) is 29.5 Å². The SMILES string of the molecule is CC1CC(NC(=O)c2csc(-c3ccc(Cl)cc3)n2)CCN1. The minimum atomic E-state index is -0.0874. The third-order valence-corrected chi connectivity index (χ3v) is 4.93. The number of nitrogens with zero attached hydrogens (tertiary/aromatic N) is 1. The summed E-state index contributed by atoms with van der Waals surface area (Å²) < 4.78 is 0. The van der Waals surface area contributed by atoms with Crippen LogP contribution >= 0.6 is 22.9 Å². The van der Waals surface area contributed by atoms with Crippen LogP contribution in [-0.2, 0) is 0 Å². The Kier molecular flexibility index (Phi) is 4.76. The van der Waals surface area contributed by atoms with Gasteiger partial charge in [-0.2, -0.15) is 0 Å². The molecule has 3 rings (SSSR count). The summed E-state index contributed by atoms with van der Waals surface area (Å²) in [7, 11) is 0. The third kappa shape index (κ3) is 3.66. The number of carbonyl (C=O) groups excluding carboxylic acids is 1. The molecule has 4 nitrogen and oxygen atoms in total. The van der Waals surface area contributed by atoms with Crippen molar-refractivity contribution in [1.82, 2.24) is 15.6 Å². The summed E-state index contributed by atoms with van der Waals surface area (Å²) in [4.78, 5) is 16.8. The van der Waals surface area contributed by atoms with Gasteiger partial charge in [0.2, 0.25) is 0 Å². The van der Waals surface area contributed by atoms with E-state index < -0.39 is 0 Å². The Morgan fingerprint density at radius 2 is 2.18 bits per heavy atom. The van der Waals surface area contributed by atoms with Gasteiger partial charge in [-0.05, 0) is 38.4 Å². The van der Waals surface area contributed by atoms with Crippen LogP contribution in [0.4, 0.5) is 0 Å². The highest BCUT2D eigenvalue weighted by molar-refractivity contribution is 7.13. The van der Waals surface area contributed by atoms with Crippen molar-refractivity contribution in [1.29, 1.82) is 0 Å². The number of amides is 1. The molecule has 2 heterocycles. The Balaban J connectivity index is 1.67. The number of halogens is 1. The molecule has 116 valence electrons. The lowest BCUT2D eigenvalue weighted by molar-refractivity contribution is 0.0921. The molecule has 0 spiro atoms. The van der Waals surface area contributed by atoms with Crippen LogP contribution in [0.15, 0.2) is 29.6 Å². The molecule has 2 N–H and O–H groups in total. The Bertz CT molecular complexity index is 656. The fourth-order valence-corrected chi connectivity index (χ4v) is 3.56. The van der Waals surface area contributed by atoms with Gasteiger partial charge in [0.15, 0.2) is 0 Å². The van der Waals surface area contributed by atoms with Crippen LogP contribution in [0.25, 0.3) is 10.6 Å². The fraction of sp³-hybridized carbons (Fsp3) is 0.375. The lowest BCUT2D eigenvalue weighted by Gasteiger charge is -2.28.